The van der Waals surface area contributed by atoms with Gasteiger partial charge in [-0.2, -0.15) is 0 Å². The van der Waals surface area contributed by atoms with Gasteiger partial charge in [-0.3, -0.25) is 19.7 Å². The van der Waals surface area contributed by atoms with Gasteiger partial charge in [-0.15, -0.1) is 29.3 Å². The molecule has 3 aromatic carbocycles. The quantitative estimate of drug-likeness (QED) is 0.0432. The third-order valence-corrected chi connectivity index (χ3v) is 15.9. The minimum atomic E-state index is -1.05. The van der Waals surface area contributed by atoms with Crippen LogP contribution in [0.2, 0.25) is 0 Å². The number of benzene rings is 3. The summed E-state index contributed by atoms with van der Waals surface area (Å²) >= 11 is 2.95. The van der Waals surface area contributed by atoms with E-state index in [1.165, 1.54) is 22.7 Å². The third-order valence-electron chi connectivity index (χ3n) is 13.9. The Morgan fingerprint density at radius 3 is 2.30 bits per heavy atom. The number of aliphatic hydroxyl groups excluding tert-OH is 2. The molecule has 17 heteroatoms. The van der Waals surface area contributed by atoms with Crippen LogP contribution < -0.4 is 20.7 Å². The highest BCUT2D eigenvalue weighted by Gasteiger charge is 2.42. The van der Waals surface area contributed by atoms with E-state index in [1.54, 1.807) is 43.4 Å². The zero-order chi connectivity index (χ0) is 52.7. The van der Waals surface area contributed by atoms with Gasteiger partial charge in [0.1, 0.15) is 18.4 Å². The number of methoxy groups -OCH3 is 1. The summed E-state index contributed by atoms with van der Waals surface area (Å²) in [6.07, 6.45) is 6.46. The van der Waals surface area contributed by atoms with Crippen LogP contribution >= 0.6 is 22.7 Å². The second kappa shape index (κ2) is 26.8. The molecule has 3 fully saturated rings. The van der Waals surface area contributed by atoms with Gasteiger partial charge in [0.05, 0.1) is 58.5 Å². The molecule has 3 aliphatic rings. The van der Waals surface area contributed by atoms with Crippen LogP contribution in [0.3, 0.4) is 0 Å². The van der Waals surface area contributed by atoms with Crippen LogP contribution in [0.15, 0.2) is 121 Å². The zero-order valence-corrected chi connectivity index (χ0v) is 44.9. The lowest BCUT2D eigenvalue weighted by Gasteiger charge is -2.50. The molecule has 74 heavy (non-hydrogen) atoms. The molecule has 5 N–H and O–H groups in total. The molecule has 9 rings (SSSR count). The molecule has 3 aromatic heterocycles. The fourth-order valence-electron chi connectivity index (χ4n) is 9.83. The average molecular weight is 1050 g/mol. The number of nitrogens with zero attached hydrogens (tertiary/aromatic N) is 5. The molecule has 3 aliphatic heterocycles. The maximum absolute atomic E-state index is 13.9. The first-order chi connectivity index (χ1) is 35.7. The molecule has 1 unspecified atom stereocenters. The van der Waals surface area contributed by atoms with E-state index < -0.39 is 36.4 Å². The van der Waals surface area contributed by atoms with E-state index in [-0.39, 0.29) is 36.9 Å². The Labute approximate surface area is 443 Å². The van der Waals surface area contributed by atoms with Gasteiger partial charge >= 0.3 is 12.1 Å². The molecular weight excluding hydrogens is 973 g/mol. The number of thiazole rings is 2. The van der Waals surface area contributed by atoms with Gasteiger partial charge in [-0.05, 0) is 97.4 Å². The van der Waals surface area contributed by atoms with Crippen LogP contribution in [0.4, 0.5) is 9.59 Å². The van der Waals surface area contributed by atoms with Gasteiger partial charge in [0, 0.05) is 54.8 Å². The number of carbonyl (C=O) groups excluding carboxylic acids is 3. The molecule has 2 bridgehead atoms. The minimum Gasteiger partial charge on any atom is -0.497 e. The number of aromatic nitrogens is 3. The van der Waals surface area contributed by atoms with Crippen LogP contribution in [0.1, 0.15) is 91.2 Å². The summed E-state index contributed by atoms with van der Waals surface area (Å²) in [6.45, 7) is 14.4. The van der Waals surface area contributed by atoms with Crippen LogP contribution in [-0.2, 0) is 35.5 Å². The maximum Gasteiger partial charge on any atom is 0.407 e. The van der Waals surface area contributed by atoms with E-state index in [4.69, 9.17) is 9.47 Å². The van der Waals surface area contributed by atoms with Crippen molar-refractivity contribution in [2.24, 2.45) is 17.8 Å². The normalized spacial score (nSPS) is 19.1. The third kappa shape index (κ3) is 15.2. The lowest BCUT2D eigenvalue weighted by Crippen LogP contribution is -2.55. The first kappa shape index (κ1) is 55.5. The topological polar surface area (TPSA) is 191 Å². The number of fused-ring (bicyclic) bond motifs is 4. The molecule has 3 saturated heterocycles. The monoisotopic (exact) mass is 1040 g/mol. The van der Waals surface area contributed by atoms with Gasteiger partial charge in [-0.1, -0.05) is 94.4 Å². The Morgan fingerprint density at radius 1 is 0.946 bits per heavy atom. The summed E-state index contributed by atoms with van der Waals surface area (Å²) < 4.78 is 10.8. The summed E-state index contributed by atoms with van der Waals surface area (Å²) in [7, 11) is 3.34. The first-order valence-electron chi connectivity index (χ1n) is 25.5. The van der Waals surface area contributed by atoms with Gasteiger partial charge in [0.2, 0.25) is 5.91 Å². The number of hydrogen-bond donors (Lipinski definition) is 5. The summed E-state index contributed by atoms with van der Waals surface area (Å²) in [5, 5.41) is 35.6. The Hall–Kier alpha value is -6.24. The SMILES string of the molecule is C=C[C@H]1CN2CC[C@H]1C[C@H]2[C@H](O)c1ccnc2ccc(OC)cc12.CC(C)c1nc(CN(C)C(=O)N[C@H](C(=O)N[C@@H](Cc2ccccc2)C[C@H](O)[C@H](Cc2ccccc2)NC(=O)OCc2cncs2)C(C)C)cs1. The van der Waals surface area contributed by atoms with Gasteiger partial charge < -0.3 is 40.5 Å². The number of pyridine rings is 1. The number of ether oxygens (including phenoxy) is 2. The molecule has 9 atom stereocenters. The van der Waals surface area contributed by atoms with Crippen molar-refractivity contribution in [2.45, 2.75) is 115 Å². The minimum absolute atomic E-state index is 0.0671. The van der Waals surface area contributed by atoms with Crippen molar-refractivity contribution >= 4 is 51.6 Å². The van der Waals surface area contributed by atoms with Crippen LogP contribution in [-0.4, -0.2) is 111 Å². The lowest BCUT2D eigenvalue weighted by atomic mass is 9.73. The Balaban J connectivity index is 0.000000275. The highest BCUT2D eigenvalue weighted by Crippen LogP contribution is 2.42. The Morgan fingerprint density at radius 2 is 1.68 bits per heavy atom. The highest BCUT2D eigenvalue weighted by atomic mass is 32.1. The second-order valence-electron chi connectivity index (χ2n) is 20.0. The summed E-state index contributed by atoms with van der Waals surface area (Å²) in [5.74, 6) is 1.73. The summed E-state index contributed by atoms with van der Waals surface area (Å²) in [6, 6.07) is 24.7. The summed E-state index contributed by atoms with van der Waals surface area (Å²) in [5.41, 5.74) is 6.20. The number of rotatable bonds is 21. The van der Waals surface area contributed by atoms with Crippen molar-refractivity contribution < 1.29 is 34.1 Å². The fourth-order valence-corrected chi connectivity index (χ4v) is 11.2. The van der Waals surface area contributed by atoms with E-state index in [0.717, 1.165) is 68.4 Å². The molecule has 15 nitrogen and oxygen atoms in total. The van der Waals surface area contributed by atoms with Gasteiger partial charge in [-0.25, -0.2) is 14.6 Å². The fraction of sp³-hybridized carbons (Fsp3) is 0.439. The van der Waals surface area contributed by atoms with Crippen molar-refractivity contribution in [2.75, 3.05) is 27.2 Å². The molecule has 0 aliphatic carbocycles. The average Bonchev–Trinajstić information content (AvgIpc) is 4.13. The second-order valence-corrected chi connectivity index (χ2v) is 21.9. The Bertz CT molecular complexity index is 2730. The summed E-state index contributed by atoms with van der Waals surface area (Å²) in [4.78, 5) is 57.8. The lowest BCUT2D eigenvalue weighted by molar-refractivity contribution is -0.124. The van der Waals surface area contributed by atoms with E-state index >= 15 is 0 Å². The van der Waals surface area contributed by atoms with Crippen molar-refractivity contribution in [1.29, 1.82) is 0 Å². The number of hydrogen-bond acceptors (Lipinski definition) is 13. The predicted molar refractivity (Wildman–Crippen MR) is 292 cm³/mol. The highest BCUT2D eigenvalue weighted by molar-refractivity contribution is 7.09. The van der Waals surface area contributed by atoms with Gasteiger partial charge in [0.15, 0.2) is 0 Å². The number of carbonyl (C=O) groups is 3. The molecule has 0 radical (unpaired) electrons. The smallest absolute Gasteiger partial charge is 0.407 e. The Kier molecular flexibility index (Phi) is 20.1. The molecule has 6 aromatic rings. The van der Waals surface area contributed by atoms with E-state index in [1.807, 2.05) is 104 Å². The molecule has 394 valence electrons. The maximum atomic E-state index is 13.9. The first-order valence-corrected chi connectivity index (χ1v) is 27.3. The predicted octanol–water partition coefficient (Wildman–Crippen LogP) is 9.08. The van der Waals surface area contributed by atoms with Crippen molar-refractivity contribution in [3.05, 3.63) is 153 Å². The van der Waals surface area contributed by atoms with Crippen molar-refractivity contribution in [1.82, 2.24) is 40.7 Å². The number of amides is 4. The molecule has 0 spiro atoms. The number of aliphatic hydroxyl groups is 2. The van der Waals surface area contributed by atoms with Crippen molar-refractivity contribution in [3.8, 4) is 5.75 Å². The van der Waals surface area contributed by atoms with Crippen LogP contribution in [0, 0.1) is 17.8 Å². The number of urea groups is 1. The van der Waals surface area contributed by atoms with Crippen LogP contribution in [0.25, 0.3) is 10.9 Å². The molecule has 6 heterocycles. The standard InChI is InChI=1S/C37H48N6O5S2.C20H24N2O2/c1-24(2)33(42-36(46)43(5)20-29-22-49-35(40-29)25(3)4)34(45)39-28(16-26-12-8-6-9-13-26)18-32(44)31(17-27-14-10-7-11-15-27)41-37(47)48-21-30-19-38-23-50-30;1-3-13-12-22-9-7-14(13)10-19(22)20(23)16-6-8-21-18-5-4-15(24-2)11-17(16)18/h6-15,19,22-25,28,31-33,44H,16-18,20-21H2,1-5H3,(H,39,45)(H,41,47)(H,42,46);3-6,8,11,13-14,19-20,23H,1,7,9-10,12H2,2H3/t28-,31-,32-,33-;13-,14-,19-,20+/m00/s1. The molecule has 0 saturated carbocycles. The van der Waals surface area contributed by atoms with Crippen LogP contribution in [0.5, 0.6) is 5.75 Å². The largest absolute Gasteiger partial charge is 0.497 e. The van der Waals surface area contributed by atoms with Crippen molar-refractivity contribution in [3.63, 3.8) is 0 Å². The van der Waals surface area contributed by atoms with E-state index in [9.17, 15) is 24.6 Å². The molecule has 4 amide bonds. The van der Waals surface area contributed by atoms with Gasteiger partial charge in [0.25, 0.3) is 0 Å². The number of piperidine rings is 3. The number of alkyl carbamates (subject to hydrolysis) is 1. The van der Waals surface area contributed by atoms with E-state index in [0.29, 0.717) is 37.1 Å². The molecular formula is C57H72N8O7S2. The van der Waals surface area contributed by atoms with E-state index in [2.05, 4.69) is 62.3 Å². The number of nitrogens with one attached hydrogen (secondary N) is 3. The zero-order valence-electron chi connectivity index (χ0n) is 43.3.